The zero-order valence-corrected chi connectivity index (χ0v) is 20.5. The van der Waals surface area contributed by atoms with Crippen LogP contribution in [0.25, 0.3) is 5.69 Å². The van der Waals surface area contributed by atoms with Crippen LogP contribution in [0.15, 0.2) is 58.2 Å². The summed E-state index contributed by atoms with van der Waals surface area (Å²) in [7, 11) is -2.61. The van der Waals surface area contributed by atoms with E-state index in [1.165, 1.54) is 16.8 Å². The number of nitrogens with one attached hydrogen (secondary N) is 2. The van der Waals surface area contributed by atoms with Gasteiger partial charge in [-0.25, -0.2) is 13.1 Å². The third kappa shape index (κ3) is 5.09. The largest absolute Gasteiger partial charge is 0.377 e. The molecule has 35 heavy (non-hydrogen) atoms. The molecule has 0 aliphatic heterocycles. The molecular weight excluding hydrogens is 470 g/mol. The maximum absolute atomic E-state index is 13.2. The highest BCUT2D eigenvalue weighted by molar-refractivity contribution is 7.92. The quantitative estimate of drug-likeness (QED) is 0.283. The molecule has 0 bridgehead atoms. The van der Waals surface area contributed by atoms with Gasteiger partial charge in [-0.1, -0.05) is 43.9 Å². The minimum Gasteiger partial charge on any atom is -0.377 e. The Morgan fingerprint density at radius 3 is 2.31 bits per heavy atom. The van der Waals surface area contributed by atoms with E-state index in [9.17, 15) is 23.3 Å². The van der Waals surface area contributed by atoms with Gasteiger partial charge in [-0.05, 0) is 44.0 Å². The summed E-state index contributed by atoms with van der Waals surface area (Å²) in [5, 5.41) is 15.0. The molecule has 11 heteroatoms. The summed E-state index contributed by atoms with van der Waals surface area (Å²) in [6, 6.07) is 12.7. The van der Waals surface area contributed by atoms with E-state index in [1.807, 2.05) is 6.07 Å². The van der Waals surface area contributed by atoms with Crippen molar-refractivity contribution in [2.24, 2.45) is 7.05 Å². The molecule has 1 saturated carbocycles. The van der Waals surface area contributed by atoms with Crippen LogP contribution in [-0.4, -0.2) is 28.7 Å². The first-order valence-electron chi connectivity index (χ1n) is 11.6. The van der Waals surface area contributed by atoms with Crippen LogP contribution in [0.2, 0.25) is 0 Å². The van der Waals surface area contributed by atoms with Gasteiger partial charge in [0.15, 0.2) is 0 Å². The summed E-state index contributed by atoms with van der Waals surface area (Å²) in [5.41, 5.74) is 0.314. The molecule has 0 atom stereocenters. The van der Waals surface area contributed by atoms with Gasteiger partial charge in [-0.3, -0.25) is 24.3 Å². The summed E-state index contributed by atoms with van der Waals surface area (Å²) in [6.07, 6.45) is 6.24. The number of benzene rings is 2. The number of anilines is 2. The third-order valence-corrected chi connectivity index (χ3v) is 7.83. The molecule has 0 saturated heterocycles. The Morgan fingerprint density at radius 2 is 1.69 bits per heavy atom. The first-order valence-corrected chi connectivity index (χ1v) is 13.1. The van der Waals surface area contributed by atoms with Gasteiger partial charge in [0.05, 0.1) is 21.2 Å². The van der Waals surface area contributed by atoms with Crippen molar-refractivity contribution >= 4 is 27.1 Å². The number of nitro benzene ring substituents is 1. The maximum Gasteiger partial charge on any atom is 0.296 e. The first-order chi connectivity index (χ1) is 16.7. The molecule has 0 amide bonds. The number of aromatic nitrogens is 2. The minimum absolute atomic E-state index is 0.111. The summed E-state index contributed by atoms with van der Waals surface area (Å²) in [5.74, 6) is 0. The van der Waals surface area contributed by atoms with Crippen LogP contribution in [0, 0.1) is 17.0 Å². The van der Waals surface area contributed by atoms with Crippen LogP contribution in [0.5, 0.6) is 0 Å². The average molecular weight is 500 g/mol. The Bertz CT molecular complexity index is 1390. The molecule has 1 aliphatic carbocycles. The monoisotopic (exact) mass is 499 g/mol. The summed E-state index contributed by atoms with van der Waals surface area (Å²) >= 11 is 0. The maximum atomic E-state index is 13.2. The Labute approximate surface area is 203 Å². The standard InChI is InChI=1S/C24H29N5O5S/c1-17-23(24(30)28(27(17)2)19-12-8-5-9-13-19)26-35(33,34)20-14-15-21(22(16-20)29(31)32)25-18-10-6-3-4-7-11-18/h5,8-9,12-16,18,25-26H,3-4,6-7,10-11H2,1-2H3. The second kappa shape index (κ2) is 9.95. The molecule has 1 heterocycles. The number of rotatable bonds is 7. The molecule has 0 radical (unpaired) electrons. The average Bonchev–Trinajstić information content (AvgIpc) is 3.01. The Balaban J connectivity index is 1.66. The zero-order valence-electron chi connectivity index (χ0n) is 19.7. The van der Waals surface area contributed by atoms with Crippen LogP contribution in [0.4, 0.5) is 17.1 Å². The smallest absolute Gasteiger partial charge is 0.296 e. The second-order valence-corrected chi connectivity index (χ2v) is 10.5. The van der Waals surface area contributed by atoms with Crippen LogP contribution in [0.1, 0.15) is 44.2 Å². The number of hydrogen-bond acceptors (Lipinski definition) is 6. The van der Waals surface area contributed by atoms with Gasteiger partial charge in [0.1, 0.15) is 11.4 Å². The Kier molecular flexibility index (Phi) is 6.97. The lowest BCUT2D eigenvalue weighted by Gasteiger charge is -2.18. The van der Waals surface area contributed by atoms with Gasteiger partial charge in [0.25, 0.3) is 21.3 Å². The molecule has 0 unspecified atom stereocenters. The summed E-state index contributed by atoms with van der Waals surface area (Å²) < 4.78 is 31.6. The van der Waals surface area contributed by atoms with Crippen LogP contribution in [-0.2, 0) is 17.1 Å². The lowest BCUT2D eigenvalue weighted by atomic mass is 10.1. The number of sulfonamides is 1. The summed E-state index contributed by atoms with van der Waals surface area (Å²) in [6.45, 7) is 1.63. The van der Waals surface area contributed by atoms with Gasteiger partial charge >= 0.3 is 0 Å². The molecule has 3 aromatic rings. The fraction of sp³-hybridized carbons (Fsp3) is 0.375. The minimum atomic E-state index is -4.26. The second-order valence-electron chi connectivity index (χ2n) is 8.81. The van der Waals surface area contributed by atoms with E-state index in [1.54, 1.807) is 42.9 Å². The van der Waals surface area contributed by atoms with E-state index < -0.39 is 20.5 Å². The lowest BCUT2D eigenvalue weighted by molar-refractivity contribution is -0.384. The Hall–Kier alpha value is -3.60. The molecule has 1 aromatic heterocycles. The zero-order chi connectivity index (χ0) is 25.2. The van der Waals surface area contributed by atoms with E-state index in [0.29, 0.717) is 17.1 Å². The topological polar surface area (TPSA) is 128 Å². The molecule has 186 valence electrons. The van der Waals surface area contributed by atoms with E-state index in [4.69, 9.17) is 0 Å². The number of nitro groups is 1. The SMILES string of the molecule is Cc1c(NS(=O)(=O)c2ccc(NC3CCCCCC3)c([N+](=O)[O-])c2)c(=O)n(-c2ccccc2)n1C. The normalized spacial score (nSPS) is 14.9. The molecule has 2 aromatic carbocycles. The molecular formula is C24H29N5O5S. The fourth-order valence-electron chi connectivity index (χ4n) is 4.47. The van der Waals surface area contributed by atoms with Crippen molar-refractivity contribution in [2.75, 3.05) is 10.0 Å². The predicted octanol–water partition coefficient (Wildman–Crippen LogP) is 4.33. The van der Waals surface area contributed by atoms with E-state index >= 15 is 0 Å². The third-order valence-electron chi connectivity index (χ3n) is 6.48. The number of para-hydroxylation sites is 1. The van der Waals surface area contributed by atoms with Gasteiger partial charge < -0.3 is 5.32 Å². The highest BCUT2D eigenvalue weighted by atomic mass is 32.2. The van der Waals surface area contributed by atoms with Gasteiger partial charge in [-0.2, -0.15) is 0 Å². The van der Waals surface area contributed by atoms with Crippen LogP contribution < -0.4 is 15.6 Å². The van der Waals surface area contributed by atoms with Crippen LogP contribution >= 0.6 is 0 Å². The lowest BCUT2D eigenvalue weighted by Crippen LogP contribution is -2.23. The van der Waals surface area contributed by atoms with E-state index in [2.05, 4.69) is 10.0 Å². The highest BCUT2D eigenvalue weighted by Gasteiger charge is 2.26. The number of hydrogen-bond donors (Lipinski definition) is 2. The van der Waals surface area contributed by atoms with Crippen molar-refractivity contribution < 1.29 is 13.3 Å². The van der Waals surface area contributed by atoms with E-state index in [-0.39, 0.29) is 22.3 Å². The van der Waals surface area contributed by atoms with Crippen molar-refractivity contribution in [3.63, 3.8) is 0 Å². The first kappa shape index (κ1) is 24.5. The molecule has 1 aliphatic rings. The van der Waals surface area contributed by atoms with E-state index in [0.717, 1.165) is 44.6 Å². The molecule has 4 rings (SSSR count). The fourth-order valence-corrected chi connectivity index (χ4v) is 5.61. The Morgan fingerprint density at radius 1 is 1.03 bits per heavy atom. The van der Waals surface area contributed by atoms with Crippen molar-refractivity contribution in [1.82, 2.24) is 9.36 Å². The van der Waals surface area contributed by atoms with Crippen LogP contribution in [0.3, 0.4) is 0 Å². The van der Waals surface area contributed by atoms with Gasteiger partial charge in [0.2, 0.25) is 0 Å². The highest BCUT2D eigenvalue weighted by Crippen LogP contribution is 2.31. The van der Waals surface area contributed by atoms with Crippen molar-refractivity contribution in [3.8, 4) is 5.69 Å². The van der Waals surface area contributed by atoms with Crippen molar-refractivity contribution in [3.05, 3.63) is 74.7 Å². The van der Waals surface area contributed by atoms with Gasteiger partial charge in [0, 0.05) is 19.2 Å². The predicted molar refractivity (Wildman–Crippen MR) is 135 cm³/mol. The van der Waals surface area contributed by atoms with Crippen molar-refractivity contribution in [1.29, 1.82) is 0 Å². The molecule has 0 spiro atoms. The molecule has 2 N–H and O–H groups in total. The summed E-state index contributed by atoms with van der Waals surface area (Å²) in [4.78, 5) is 24.0. The van der Waals surface area contributed by atoms with Crippen molar-refractivity contribution in [2.45, 2.75) is 56.4 Å². The van der Waals surface area contributed by atoms with Gasteiger partial charge in [-0.15, -0.1) is 0 Å². The molecule has 10 nitrogen and oxygen atoms in total. The number of nitrogens with zero attached hydrogens (tertiary/aromatic N) is 3. The molecule has 1 fully saturated rings.